The van der Waals surface area contributed by atoms with Crippen LogP contribution < -0.4 is 15.0 Å². The number of amidine groups is 1. The fraction of sp³-hybridized carbons (Fsp3) is 0.286. The lowest BCUT2D eigenvalue weighted by Gasteiger charge is -2.30. The molecule has 9 nitrogen and oxygen atoms in total. The molecule has 3 heterocycles. The maximum atomic E-state index is 13.5. The van der Waals surface area contributed by atoms with Gasteiger partial charge in [0.25, 0.3) is 11.7 Å². The van der Waals surface area contributed by atoms with E-state index in [4.69, 9.17) is 9.15 Å². The highest BCUT2D eigenvalue weighted by atomic mass is 19.4. The van der Waals surface area contributed by atoms with Gasteiger partial charge in [0.1, 0.15) is 17.6 Å². The summed E-state index contributed by atoms with van der Waals surface area (Å²) in [6.45, 7) is 1.35. The molecule has 12 heteroatoms. The standard InChI is InChI=1S/C21H21F3N6O3/c1-12-18(33-10-25-12)14-6-5-13(7-17(14)32-4)26-15-9-30(21(22,23)24)11-29-8-16(27-19(15)29)20(31)28(2)3/h5-10,26H,11H2,1-4H3/p+1. The molecule has 0 saturated carbocycles. The Morgan fingerprint density at radius 2 is 2.09 bits per heavy atom. The van der Waals surface area contributed by atoms with E-state index in [2.05, 4.69) is 15.3 Å². The van der Waals surface area contributed by atoms with Crippen LogP contribution in [0, 0.1) is 6.92 Å². The second-order valence-electron chi connectivity index (χ2n) is 7.66. The Bertz CT molecular complexity index is 1180. The number of methoxy groups -OCH3 is 1. The second kappa shape index (κ2) is 8.28. The first-order chi connectivity index (χ1) is 15.6. The van der Waals surface area contributed by atoms with Gasteiger partial charge in [-0.1, -0.05) is 0 Å². The molecule has 0 aliphatic carbocycles. The number of nitrogens with zero attached hydrogens (tertiary/aromatic N) is 4. The number of amides is 1. The Labute approximate surface area is 187 Å². The van der Waals surface area contributed by atoms with Crippen molar-refractivity contribution in [3.05, 3.63) is 54.1 Å². The number of fused-ring (bicyclic) bond motifs is 1. The van der Waals surface area contributed by atoms with E-state index in [9.17, 15) is 18.0 Å². The van der Waals surface area contributed by atoms with Crippen LogP contribution in [0.4, 0.5) is 18.9 Å². The van der Waals surface area contributed by atoms with Gasteiger partial charge in [-0.25, -0.2) is 14.8 Å². The molecule has 0 spiro atoms. The summed E-state index contributed by atoms with van der Waals surface area (Å²) in [5.41, 5.74) is 1.98. The maximum Gasteiger partial charge on any atom is 0.488 e. The number of aliphatic imine (C=N–C) groups is 1. The quantitative estimate of drug-likeness (QED) is 0.659. The van der Waals surface area contributed by atoms with E-state index in [0.29, 0.717) is 33.4 Å². The zero-order chi connectivity index (χ0) is 23.9. The molecular weight excluding hydrogens is 441 g/mol. The molecule has 0 radical (unpaired) electrons. The van der Waals surface area contributed by atoms with Crippen LogP contribution in [0.3, 0.4) is 0 Å². The number of oxazole rings is 1. The summed E-state index contributed by atoms with van der Waals surface area (Å²) in [6.07, 6.45) is -0.940. The van der Waals surface area contributed by atoms with Crippen molar-refractivity contribution < 1.29 is 32.0 Å². The number of halogens is 3. The van der Waals surface area contributed by atoms with Crippen LogP contribution in [-0.2, 0) is 4.79 Å². The Morgan fingerprint density at radius 3 is 2.70 bits per heavy atom. The van der Waals surface area contributed by atoms with E-state index >= 15 is 0 Å². The lowest BCUT2D eigenvalue weighted by molar-refractivity contribution is -0.764. The van der Waals surface area contributed by atoms with Gasteiger partial charge >= 0.3 is 6.30 Å². The Hall–Kier alpha value is -3.80. The number of aryl methyl sites for hydroxylation is 1. The molecule has 2 aliphatic heterocycles. The van der Waals surface area contributed by atoms with Crippen LogP contribution in [0.5, 0.6) is 5.75 Å². The smallest absolute Gasteiger partial charge is 0.488 e. The summed E-state index contributed by atoms with van der Waals surface area (Å²) in [6, 6.07) is 5.04. The van der Waals surface area contributed by atoms with Crippen molar-refractivity contribution in [3.8, 4) is 17.1 Å². The molecular formula is C21H22F3N6O3+. The maximum absolute atomic E-state index is 13.5. The number of alkyl halides is 3. The largest absolute Gasteiger partial charge is 0.496 e. The molecule has 1 aromatic carbocycles. The molecule has 174 valence electrons. The highest BCUT2D eigenvalue weighted by molar-refractivity contribution is 6.03. The summed E-state index contributed by atoms with van der Waals surface area (Å²) >= 11 is 0. The molecule has 33 heavy (non-hydrogen) atoms. The summed E-state index contributed by atoms with van der Waals surface area (Å²) in [4.78, 5) is 22.6. The predicted molar refractivity (Wildman–Crippen MR) is 113 cm³/mol. The van der Waals surface area contributed by atoms with Crippen molar-refractivity contribution >= 4 is 17.4 Å². The van der Waals surface area contributed by atoms with E-state index in [1.54, 1.807) is 39.2 Å². The number of benzene rings is 1. The summed E-state index contributed by atoms with van der Waals surface area (Å²) < 4.78 is 51.5. The Balaban J connectivity index is 1.69. The molecule has 1 aromatic heterocycles. The van der Waals surface area contributed by atoms with Gasteiger partial charge in [-0.15, -0.1) is 13.2 Å². The first-order valence-electron chi connectivity index (χ1n) is 9.88. The van der Waals surface area contributed by atoms with Crippen molar-refractivity contribution in [2.45, 2.75) is 13.2 Å². The van der Waals surface area contributed by atoms with E-state index in [0.717, 1.165) is 6.20 Å². The van der Waals surface area contributed by atoms with Crippen LogP contribution in [0.1, 0.15) is 5.69 Å². The van der Waals surface area contributed by atoms with Gasteiger partial charge in [0.05, 0.1) is 18.4 Å². The minimum atomic E-state index is -4.60. The SMILES string of the molecule is COc1cc(NC2=CN(C(F)(F)F)C[NH+]3C=C(C(=O)N(C)C)N=C23)ccc1-c1ocnc1C. The zero-order valence-electron chi connectivity index (χ0n) is 18.3. The van der Waals surface area contributed by atoms with Crippen LogP contribution in [-0.4, -0.2) is 60.7 Å². The molecule has 1 atom stereocenters. The van der Waals surface area contributed by atoms with Gasteiger partial charge in [0.15, 0.2) is 24.5 Å². The van der Waals surface area contributed by atoms with Crippen molar-refractivity contribution in [1.29, 1.82) is 0 Å². The van der Waals surface area contributed by atoms with Gasteiger partial charge < -0.3 is 19.4 Å². The normalized spacial score (nSPS) is 17.7. The van der Waals surface area contributed by atoms with Crippen molar-refractivity contribution in [2.75, 3.05) is 33.2 Å². The number of quaternary nitrogens is 1. The van der Waals surface area contributed by atoms with Crippen molar-refractivity contribution in [2.24, 2.45) is 4.99 Å². The number of aromatic nitrogens is 1. The van der Waals surface area contributed by atoms with Crippen LogP contribution in [0.25, 0.3) is 11.3 Å². The minimum absolute atomic E-state index is 0.0791. The molecule has 4 rings (SSSR count). The highest BCUT2D eigenvalue weighted by Gasteiger charge is 2.44. The predicted octanol–water partition coefficient (Wildman–Crippen LogP) is 1.93. The van der Waals surface area contributed by atoms with Crippen molar-refractivity contribution in [3.63, 3.8) is 0 Å². The molecule has 2 aliphatic rings. The van der Waals surface area contributed by atoms with Gasteiger partial charge in [0.2, 0.25) is 0 Å². The molecule has 1 amide bonds. The monoisotopic (exact) mass is 463 g/mol. The molecule has 1 unspecified atom stereocenters. The Kier molecular flexibility index (Phi) is 5.62. The lowest BCUT2D eigenvalue weighted by atomic mass is 10.1. The minimum Gasteiger partial charge on any atom is -0.496 e. The zero-order valence-corrected chi connectivity index (χ0v) is 18.3. The fourth-order valence-corrected chi connectivity index (χ4v) is 3.52. The number of anilines is 1. The number of carbonyl (C=O) groups excluding carboxylic acids is 1. The van der Waals surface area contributed by atoms with Gasteiger partial charge in [-0.05, 0) is 19.1 Å². The van der Waals surface area contributed by atoms with Gasteiger partial charge in [-0.2, -0.15) is 4.99 Å². The summed E-state index contributed by atoms with van der Waals surface area (Å²) in [7, 11) is 4.59. The number of rotatable bonds is 5. The van der Waals surface area contributed by atoms with Crippen LogP contribution >= 0.6 is 0 Å². The third-order valence-electron chi connectivity index (χ3n) is 5.15. The van der Waals surface area contributed by atoms with Gasteiger partial charge in [-0.3, -0.25) is 4.79 Å². The number of nitrogens with one attached hydrogen (secondary N) is 2. The topological polar surface area (TPSA) is 87.6 Å². The Morgan fingerprint density at radius 1 is 1.33 bits per heavy atom. The average Bonchev–Trinajstić information content (AvgIpc) is 3.38. The lowest BCUT2D eigenvalue weighted by Crippen LogP contribution is -3.12. The third-order valence-corrected chi connectivity index (χ3v) is 5.15. The van der Waals surface area contributed by atoms with E-state index in [-0.39, 0.29) is 22.1 Å². The summed E-state index contributed by atoms with van der Waals surface area (Å²) in [5, 5.41) is 2.99. The molecule has 0 saturated heterocycles. The molecule has 0 bridgehead atoms. The highest BCUT2D eigenvalue weighted by Crippen LogP contribution is 2.34. The molecule has 2 aromatic rings. The van der Waals surface area contributed by atoms with Crippen molar-refractivity contribution in [1.82, 2.24) is 14.8 Å². The van der Waals surface area contributed by atoms with Crippen LogP contribution in [0.15, 0.2) is 57.8 Å². The first-order valence-corrected chi connectivity index (χ1v) is 9.88. The fourth-order valence-electron chi connectivity index (χ4n) is 3.52. The second-order valence-corrected chi connectivity index (χ2v) is 7.66. The molecule has 0 fully saturated rings. The number of carbonyl (C=O) groups is 1. The van der Waals surface area contributed by atoms with Crippen LogP contribution in [0.2, 0.25) is 0 Å². The van der Waals surface area contributed by atoms with Gasteiger partial charge in [0, 0.05) is 32.0 Å². The summed E-state index contributed by atoms with van der Waals surface area (Å²) in [5.74, 6) is 0.874. The van der Waals surface area contributed by atoms with E-state index < -0.39 is 18.9 Å². The van der Waals surface area contributed by atoms with E-state index in [1.807, 2.05) is 0 Å². The molecule has 2 N–H and O–H groups in total. The van der Waals surface area contributed by atoms with E-state index in [1.165, 1.54) is 24.6 Å². The number of hydrogen-bond acceptors (Lipinski definition) is 7. The number of likely N-dealkylation sites (N-methyl/N-ethyl adjacent to an activating group) is 1. The average molecular weight is 463 g/mol. The number of hydrogen-bond donors (Lipinski definition) is 2. The number of ether oxygens (including phenoxy) is 1. The third kappa shape index (κ3) is 4.29. The first kappa shape index (κ1) is 22.4.